The molecule has 0 aliphatic carbocycles. The van der Waals surface area contributed by atoms with Gasteiger partial charge in [-0.2, -0.15) is 0 Å². The van der Waals surface area contributed by atoms with E-state index < -0.39 is 0 Å². The summed E-state index contributed by atoms with van der Waals surface area (Å²) in [6, 6.07) is 0. The second-order valence-electron chi connectivity index (χ2n) is 6.64. The van der Waals surface area contributed by atoms with Gasteiger partial charge in [0.15, 0.2) is 0 Å². The Morgan fingerprint density at radius 1 is 0.476 bits per heavy atom. The van der Waals surface area contributed by atoms with Crippen LogP contribution in [0.25, 0.3) is 0 Å². The molecule has 0 radical (unpaired) electrons. The summed E-state index contributed by atoms with van der Waals surface area (Å²) >= 11 is 0. The molecule has 21 heavy (non-hydrogen) atoms. The fourth-order valence-electron chi connectivity index (χ4n) is 2.90. The normalized spacial score (nSPS) is 14.3. The highest BCUT2D eigenvalue weighted by Crippen LogP contribution is 2.14. The molecule has 2 heteroatoms. The molecule has 0 fully saturated rings. The lowest BCUT2D eigenvalue weighted by molar-refractivity contribution is 0.122. The summed E-state index contributed by atoms with van der Waals surface area (Å²) in [5.41, 5.74) is 0. The SMILES string of the molecule is CCCCCCCCCCCC(O)CCCC(O)CCC. The van der Waals surface area contributed by atoms with Crippen molar-refractivity contribution >= 4 is 0 Å². The zero-order valence-electron chi connectivity index (χ0n) is 14.7. The average Bonchev–Trinajstić information content (AvgIpc) is 2.46. The zero-order chi connectivity index (χ0) is 15.8. The second-order valence-corrected chi connectivity index (χ2v) is 6.64. The van der Waals surface area contributed by atoms with Gasteiger partial charge in [0.05, 0.1) is 12.2 Å². The minimum atomic E-state index is -0.157. The van der Waals surface area contributed by atoms with Crippen LogP contribution in [0.4, 0.5) is 0 Å². The fraction of sp³-hybridized carbons (Fsp3) is 1.00. The van der Waals surface area contributed by atoms with Gasteiger partial charge < -0.3 is 10.2 Å². The van der Waals surface area contributed by atoms with Gasteiger partial charge in [0.1, 0.15) is 0 Å². The van der Waals surface area contributed by atoms with Crippen molar-refractivity contribution in [1.82, 2.24) is 0 Å². The molecule has 2 nitrogen and oxygen atoms in total. The Labute approximate surface area is 133 Å². The summed E-state index contributed by atoms with van der Waals surface area (Å²) in [5, 5.41) is 19.5. The van der Waals surface area contributed by atoms with E-state index >= 15 is 0 Å². The molecule has 0 aromatic carbocycles. The average molecular weight is 301 g/mol. The van der Waals surface area contributed by atoms with Crippen LogP contribution in [-0.4, -0.2) is 22.4 Å². The van der Waals surface area contributed by atoms with Crippen molar-refractivity contribution in [2.75, 3.05) is 0 Å². The van der Waals surface area contributed by atoms with E-state index in [0.717, 1.165) is 44.9 Å². The highest BCUT2D eigenvalue weighted by atomic mass is 16.3. The van der Waals surface area contributed by atoms with Gasteiger partial charge in [0.25, 0.3) is 0 Å². The van der Waals surface area contributed by atoms with E-state index in [0.29, 0.717) is 0 Å². The number of rotatable bonds is 16. The van der Waals surface area contributed by atoms with Crippen molar-refractivity contribution in [2.45, 2.75) is 122 Å². The van der Waals surface area contributed by atoms with Crippen LogP contribution in [0, 0.1) is 0 Å². The third kappa shape index (κ3) is 16.1. The molecule has 0 saturated heterocycles. The highest BCUT2D eigenvalue weighted by Gasteiger charge is 2.07. The Balaban J connectivity index is 3.21. The first kappa shape index (κ1) is 20.9. The zero-order valence-corrected chi connectivity index (χ0v) is 14.7. The predicted molar refractivity (Wildman–Crippen MR) is 92.6 cm³/mol. The van der Waals surface area contributed by atoms with Gasteiger partial charge >= 0.3 is 0 Å². The Morgan fingerprint density at radius 2 is 0.905 bits per heavy atom. The molecule has 2 atom stereocenters. The van der Waals surface area contributed by atoms with Crippen LogP contribution >= 0.6 is 0 Å². The molecule has 0 aliphatic rings. The van der Waals surface area contributed by atoms with Crippen molar-refractivity contribution in [1.29, 1.82) is 0 Å². The van der Waals surface area contributed by atoms with Crippen LogP contribution in [-0.2, 0) is 0 Å². The predicted octanol–water partition coefficient (Wildman–Crippen LogP) is 5.60. The molecule has 0 aliphatic heterocycles. The summed E-state index contributed by atoms with van der Waals surface area (Å²) < 4.78 is 0. The van der Waals surface area contributed by atoms with Gasteiger partial charge in [-0.15, -0.1) is 0 Å². The van der Waals surface area contributed by atoms with Crippen LogP contribution in [0.15, 0.2) is 0 Å². The summed E-state index contributed by atoms with van der Waals surface area (Å²) in [6.07, 6.45) is 17.3. The molecular formula is C19H40O2. The molecule has 0 rings (SSSR count). The highest BCUT2D eigenvalue weighted by molar-refractivity contribution is 4.60. The molecule has 0 aromatic rings. The first-order valence-electron chi connectivity index (χ1n) is 9.56. The molecule has 0 aromatic heterocycles. The van der Waals surface area contributed by atoms with Crippen LogP contribution < -0.4 is 0 Å². The lowest BCUT2D eigenvalue weighted by atomic mass is 10.0. The minimum absolute atomic E-state index is 0.150. The largest absolute Gasteiger partial charge is 0.393 e. The maximum absolute atomic E-state index is 9.91. The third-order valence-electron chi connectivity index (χ3n) is 4.34. The molecule has 2 N–H and O–H groups in total. The van der Waals surface area contributed by atoms with E-state index in [1.165, 1.54) is 51.4 Å². The van der Waals surface area contributed by atoms with Gasteiger partial charge in [-0.1, -0.05) is 78.1 Å². The van der Waals surface area contributed by atoms with E-state index in [4.69, 9.17) is 0 Å². The maximum atomic E-state index is 9.91. The summed E-state index contributed by atoms with van der Waals surface area (Å²) in [6.45, 7) is 4.36. The molecule has 0 bridgehead atoms. The molecule has 0 heterocycles. The van der Waals surface area contributed by atoms with Crippen molar-refractivity contribution in [2.24, 2.45) is 0 Å². The first-order valence-corrected chi connectivity index (χ1v) is 9.56. The fourth-order valence-corrected chi connectivity index (χ4v) is 2.90. The molecule has 0 saturated carbocycles. The van der Waals surface area contributed by atoms with Gasteiger partial charge in [-0.3, -0.25) is 0 Å². The Bertz CT molecular complexity index is 194. The van der Waals surface area contributed by atoms with E-state index in [1.807, 2.05) is 0 Å². The second kappa shape index (κ2) is 16.3. The van der Waals surface area contributed by atoms with Crippen molar-refractivity contribution in [3.8, 4) is 0 Å². The summed E-state index contributed by atoms with van der Waals surface area (Å²) in [4.78, 5) is 0. The molecule has 0 spiro atoms. The Morgan fingerprint density at radius 3 is 1.43 bits per heavy atom. The maximum Gasteiger partial charge on any atom is 0.0540 e. The smallest absolute Gasteiger partial charge is 0.0540 e. The van der Waals surface area contributed by atoms with Gasteiger partial charge in [0, 0.05) is 0 Å². The number of hydrogen-bond acceptors (Lipinski definition) is 2. The lowest BCUT2D eigenvalue weighted by Crippen LogP contribution is -2.10. The summed E-state index contributed by atoms with van der Waals surface area (Å²) in [5.74, 6) is 0. The van der Waals surface area contributed by atoms with Crippen LogP contribution in [0.1, 0.15) is 110 Å². The van der Waals surface area contributed by atoms with Crippen molar-refractivity contribution in [3.05, 3.63) is 0 Å². The quantitative estimate of drug-likeness (QED) is 0.364. The van der Waals surface area contributed by atoms with E-state index in [2.05, 4.69) is 13.8 Å². The molecule has 128 valence electrons. The van der Waals surface area contributed by atoms with Gasteiger partial charge in [-0.25, -0.2) is 0 Å². The van der Waals surface area contributed by atoms with E-state index in [-0.39, 0.29) is 12.2 Å². The first-order chi connectivity index (χ1) is 10.2. The Hall–Kier alpha value is -0.0800. The number of unbranched alkanes of at least 4 members (excludes halogenated alkanes) is 8. The Kier molecular flexibility index (Phi) is 16.2. The summed E-state index contributed by atoms with van der Waals surface area (Å²) in [7, 11) is 0. The van der Waals surface area contributed by atoms with E-state index in [9.17, 15) is 10.2 Å². The van der Waals surface area contributed by atoms with E-state index in [1.54, 1.807) is 0 Å². The van der Waals surface area contributed by atoms with Crippen molar-refractivity contribution < 1.29 is 10.2 Å². The minimum Gasteiger partial charge on any atom is -0.393 e. The van der Waals surface area contributed by atoms with Crippen molar-refractivity contribution in [3.63, 3.8) is 0 Å². The van der Waals surface area contributed by atoms with Crippen LogP contribution in [0.2, 0.25) is 0 Å². The number of aliphatic hydroxyl groups is 2. The van der Waals surface area contributed by atoms with Gasteiger partial charge in [-0.05, 0) is 32.1 Å². The topological polar surface area (TPSA) is 40.5 Å². The monoisotopic (exact) mass is 300 g/mol. The van der Waals surface area contributed by atoms with Crippen LogP contribution in [0.5, 0.6) is 0 Å². The molecule has 2 unspecified atom stereocenters. The molecular weight excluding hydrogens is 260 g/mol. The number of aliphatic hydroxyl groups excluding tert-OH is 2. The molecule has 0 amide bonds. The number of hydrogen-bond donors (Lipinski definition) is 2. The third-order valence-corrected chi connectivity index (χ3v) is 4.34. The standard InChI is InChI=1S/C19H40O2/c1-3-5-6-7-8-9-10-11-12-15-19(21)17-13-16-18(20)14-4-2/h18-21H,3-17H2,1-2H3. The van der Waals surface area contributed by atoms with Crippen LogP contribution in [0.3, 0.4) is 0 Å². The van der Waals surface area contributed by atoms with Gasteiger partial charge in [0.2, 0.25) is 0 Å². The lowest BCUT2D eigenvalue weighted by Gasteiger charge is -2.12.